The Morgan fingerprint density at radius 1 is 1.47 bits per heavy atom. The third-order valence-corrected chi connectivity index (χ3v) is 5.33. The zero-order chi connectivity index (χ0) is 13.9. The van der Waals surface area contributed by atoms with Crippen LogP contribution in [0.1, 0.15) is 32.6 Å². The summed E-state index contributed by atoms with van der Waals surface area (Å²) in [7, 11) is 4.49. The van der Waals surface area contributed by atoms with Crippen LogP contribution in [0.3, 0.4) is 0 Å². The molecule has 0 aromatic carbocycles. The highest BCUT2D eigenvalue weighted by atomic mass is 16.5. The Labute approximate surface area is 118 Å². The van der Waals surface area contributed by atoms with E-state index in [4.69, 9.17) is 10.5 Å². The third kappa shape index (κ3) is 3.48. The maximum atomic E-state index is 6.16. The molecule has 3 unspecified atom stereocenters. The predicted molar refractivity (Wildman–Crippen MR) is 79.3 cm³/mol. The average Bonchev–Trinajstić information content (AvgIpc) is 2.43. The van der Waals surface area contributed by atoms with Crippen molar-refractivity contribution in [3.05, 3.63) is 0 Å². The number of rotatable bonds is 4. The number of hydrogen-bond acceptors (Lipinski definition) is 4. The number of nitrogens with two attached hydrogens (primary N) is 1. The Morgan fingerprint density at radius 2 is 2.26 bits per heavy atom. The Bertz CT molecular complexity index is 281. The molecule has 0 radical (unpaired) electrons. The van der Waals surface area contributed by atoms with E-state index in [2.05, 4.69) is 30.8 Å². The standard InChI is InChI=1S/C15H31N3O/c1-13-9-15(12-16,6-7-17(13)2)18(3)10-14-5-4-8-19-11-14/h13-14H,4-12,16H2,1-3H3. The maximum absolute atomic E-state index is 6.16. The molecular weight excluding hydrogens is 238 g/mol. The van der Waals surface area contributed by atoms with Gasteiger partial charge in [-0.15, -0.1) is 0 Å². The quantitative estimate of drug-likeness (QED) is 0.831. The van der Waals surface area contributed by atoms with Crippen molar-refractivity contribution in [2.45, 2.75) is 44.2 Å². The molecule has 0 aromatic heterocycles. The minimum atomic E-state index is 0.198. The molecule has 4 nitrogen and oxygen atoms in total. The van der Waals surface area contributed by atoms with Crippen LogP contribution in [0.25, 0.3) is 0 Å². The fourth-order valence-electron chi connectivity index (χ4n) is 3.63. The second-order valence-corrected chi connectivity index (χ2v) is 6.68. The molecule has 19 heavy (non-hydrogen) atoms. The van der Waals surface area contributed by atoms with E-state index in [1.165, 1.54) is 25.7 Å². The van der Waals surface area contributed by atoms with Crippen molar-refractivity contribution in [2.75, 3.05) is 46.9 Å². The molecular formula is C15H31N3O. The highest BCUT2D eigenvalue weighted by Gasteiger charge is 2.39. The number of ether oxygens (including phenoxy) is 1. The van der Waals surface area contributed by atoms with Gasteiger partial charge in [-0.25, -0.2) is 0 Å². The van der Waals surface area contributed by atoms with Gasteiger partial charge >= 0.3 is 0 Å². The largest absolute Gasteiger partial charge is 0.381 e. The molecule has 2 rings (SSSR count). The van der Waals surface area contributed by atoms with Crippen LogP contribution in [0.4, 0.5) is 0 Å². The molecule has 0 aliphatic carbocycles. The average molecular weight is 269 g/mol. The summed E-state index contributed by atoms with van der Waals surface area (Å²) in [6.45, 7) is 7.26. The zero-order valence-electron chi connectivity index (χ0n) is 12.9. The smallest absolute Gasteiger partial charge is 0.0506 e. The van der Waals surface area contributed by atoms with Gasteiger partial charge in [0.05, 0.1) is 6.61 Å². The van der Waals surface area contributed by atoms with Gasteiger partial charge in [-0.05, 0) is 59.2 Å². The lowest BCUT2D eigenvalue weighted by molar-refractivity contribution is -0.00942. The summed E-state index contributed by atoms with van der Waals surface area (Å²) in [6, 6.07) is 0.627. The topological polar surface area (TPSA) is 41.7 Å². The van der Waals surface area contributed by atoms with Crippen molar-refractivity contribution in [3.63, 3.8) is 0 Å². The van der Waals surface area contributed by atoms with Crippen LogP contribution in [0.5, 0.6) is 0 Å². The lowest BCUT2D eigenvalue weighted by atomic mass is 9.81. The van der Waals surface area contributed by atoms with Crippen molar-refractivity contribution in [3.8, 4) is 0 Å². The molecule has 3 atom stereocenters. The number of likely N-dealkylation sites (N-methyl/N-ethyl adjacent to an activating group) is 1. The van der Waals surface area contributed by atoms with E-state index in [9.17, 15) is 0 Å². The van der Waals surface area contributed by atoms with Gasteiger partial charge in [0, 0.05) is 31.3 Å². The Kier molecular flexibility index (Phi) is 5.23. The highest BCUT2D eigenvalue weighted by molar-refractivity contribution is 4.98. The van der Waals surface area contributed by atoms with Crippen LogP contribution in [0.15, 0.2) is 0 Å². The van der Waals surface area contributed by atoms with Gasteiger partial charge in [0.15, 0.2) is 0 Å². The van der Waals surface area contributed by atoms with E-state index < -0.39 is 0 Å². The first-order chi connectivity index (χ1) is 9.07. The zero-order valence-corrected chi connectivity index (χ0v) is 12.9. The summed E-state index contributed by atoms with van der Waals surface area (Å²) in [5.74, 6) is 0.692. The summed E-state index contributed by atoms with van der Waals surface area (Å²) in [6.07, 6.45) is 4.90. The number of piperidine rings is 1. The van der Waals surface area contributed by atoms with Crippen LogP contribution < -0.4 is 5.73 Å². The van der Waals surface area contributed by atoms with Crippen LogP contribution >= 0.6 is 0 Å². The Balaban J connectivity index is 1.95. The number of likely N-dealkylation sites (tertiary alicyclic amines) is 1. The molecule has 2 heterocycles. The molecule has 2 saturated heterocycles. The van der Waals surface area contributed by atoms with Crippen molar-refractivity contribution in [1.29, 1.82) is 0 Å². The normalized spacial score (nSPS) is 37.7. The Hall–Kier alpha value is -0.160. The van der Waals surface area contributed by atoms with Crippen LogP contribution in [0.2, 0.25) is 0 Å². The van der Waals surface area contributed by atoms with E-state index in [1.807, 2.05) is 0 Å². The van der Waals surface area contributed by atoms with Gasteiger partial charge in [0.2, 0.25) is 0 Å². The second kappa shape index (κ2) is 6.53. The number of hydrogen-bond donors (Lipinski definition) is 1. The SMILES string of the molecule is CC1CC(CN)(N(C)CC2CCCOC2)CCN1C. The third-order valence-electron chi connectivity index (χ3n) is 5.33. The van der Waals surface area contributed by atoms with Crippen molar-refractivity contribution >= 4 is 0 Å². The summed E-state index contributed by atoms with van der Waals surface area (Å²) in [5.41, 5.74) is 6.36. The van der Waals surface area contributed by atoms with Gasteiger partial charge in [0.25, 0.3) is 0 Å². The van der Waals surface area contributed by atoms with Crippen LogP contribution in [-0.2, 0) is 4.74 Å². The van der Waals surface area contributed by atoms with Crippen LogP contribution in [-0.4, -0.2) is 68.3 Å². The van der Waals surface area contributed by atoms with Crippen molar-refractivity contribution < 1.29 is 4.74 Å². The van der Waals surface area contributed by atoms with Gasteiger partial charge in [0.1, 0.15) is 0 Å². The van der Waals surface area contributed by atoms with Gasteiger partial charge < -0.3 is 15.4 Å². The van der Waals surface area contributed by atoms with Crippen LogP contribution in [0, 0.1) is 5.92 Å². The molecule has 0 amide bonds. The predicted octanol–water partition coefficient (Wildman–Crippen LogP) is 1.16. The molecule has 2 aliphatic heterocycles. The van der Waals surface area contributed by atoms with E-state index in [1.54, 1.807) is 0 Å². The Morgan fingerprint density at radius 3 is 2.84 bits per heavy atom. The van der Waals surface area contributed by atoms with Gasteiger partial charge in [-0.2, -0.15) is 0 Å². The van der Waals surface area contributed by atoms with Crippen molar-refractivity contribution in [2.24, 2.45) is 11.7 Å². The van der Waals surface area contributed by atoms with Gasteiger partial charge in [-0.3, -0.25) is 4.90 Å². The highest BCUT2D eigenvalue weighted by Crippen LogP contribution is 2.31. The fourth-order valence-corrected chi connectivity index (χ4v) is 3.63. The van der Waals surface area contributed by atoms with Gasteiger partial charge in [-0.1, -0.05) is 0 Å². The molecule has 2 aliphatic rings. The minimum absolute atomic E-state index is 0.198. The summed E-state index contributed by atoms with van der Waals surface area (Å²) < 4.78 is 5.61. The first-order valence-electron chi connectivity index (χ1n) is 7.77. The first kappa shape index (κ1) is 15.2. The van der Waals surface area contributed by atoms with E-state index >= 15 is 0 Å². The minimum Gasteiger partial charge on any atom is -0.381 e. The lowest BCUT2D eigenvalue weighted by Gasteiger charge is -2.50. The summed E-state index contributed by atoms with van der Waals surface area (Å²) in [4.78, 5) is 4.99. The molecule has 0 bridgehead atoms. The molecule has 0 aromatic rings. The molecule has 0 spiro atoms. The molecule has 112 valence electrons. The number of nitrogens with zero attached hydrogens (tertiary/aromatic N) is 2. The molecule has 0 saturated carbocycles. The molecule has 2 N–H and O–H groups in total. The first-order valence-corrected chi connectivity index (χ1v) is 7.77. The molecule has 2 fully saturated rings. The van der Waals surface area contributed by atoms with E-state index in [0.29, 0.717) is 12.0 Å². The fraction of sp³-hybridized carbons (Fsp3) is 1.00. The summed E-state index contributed by atoms with van der Waals surface area (Å²) in [5, 5.41) is 0. The monoisotopic (exact) mass is 269 g/mol. The van der Waals surface area contributed by atoms with E-state index in [0.717, 1.165) is 32.8 Å². The second-order valence-electron chi connectivity index (χ2n) is 6.68. The van der Waals surface area contributed by atoms with E-state index in [-0.39, 0.29) is 5.54 Å². The lowest BCUT2D eigenvalue weighted by Crippen LogP contribution is -2.60. The summed E-state index contributed by atoms with van der Waals surface area (Å²) >= 11 is 0. The molecule has 4 heteroatoms. The van der Waals surface area contributed by atoms with Crippen molar-refractivity contribution in [1.82, 2.24) is 9.80 Å². The maximum Gasteiger partial charge on any atom is 0.0506 e.